The van der Waals surface area contributed by atoms with Gasteiger partial charge < -0.3 is 10.6 Å². The van der Waals surface area contributed by atoms with Crippen molar-refractivity contribution in [2.24, 2.45) is 5.92 Å². The molecular formula is C27H26BrFN2O2S. The number of benzene rings is 3. The Morgan fingerprint density at radius 1 is 0.912 bits per heavy atom. The number of amides is 2. The highest BCUT2D eigenvalue weighted by Crippen LogP contribution is 2.37. The van der Waals surface area contributed by atoms with Gasteiger partial charge in [0.05, 0.1) is 5.69 Å². The average molecular weight is 541 g/mol. The number of anilines is 2. The maximum atomic E-state index is 14.3. The van der Waals surface area contributed by atoms with Crippen molar-refractivity contribution in [3.05, 3.63) is 88.6 Å². The monoisotopic (exact) mass is 540 g/mol. The van der Waals surface area contributed by atoms with E-state index in [1.54, 1.807) is 6.07 Å². The highest BCUT2D eigenvalue weighted by molar-refractivity contribution is 9.10. The molecule has 1 saturated carbocycles. The van der Waals surface area contributed by atoms with Gasteiger partial charge in [-0.1, -0.05) is 71.6 Å². The van der Waals surface area contributed by atoms with E-state index in [1.807, 2.05) is 54.6 Å². The van der Waals surface area contributed by atoms with Gasteiger partial charge >= 0.3 is 0 Å². The van der Waals surface area contributed by atoms with Gasteiger partial charge in [0.15, 0.2) is 0 Å². The summed E-state index contributed by atoms with van der Waals surface area (Å²) in [5.41, 5.74) is 1.65. The van der Waals surface area contributed by atoms with Crippen LogP contribution in [0.5, 0.6) is 0 Å². The first kappa shape index (κ1) is 24.5. The van der Waals surface area contributed by atoms with E-state index in [4.69, 9.17) is 0 Å². The Hall–Kier alpha value is -2.64. The fourth-order valence-electron chi connectivity index (χ4n) is 4.08. The predicted octanol–water partition coefficient (Wildman–Crippen LogP) is 7.58. The Bertz CT molecular complexity index is 1150. The fourth-order valence-corrected chi connectivity index (χ4v) is 5.50. The predicted molar refractivity (Wildman–Crippen MR) is 139 cm³/mol. The Balaban J connectivity index is 1.52. The van der Waals surface area contributed by atoms with Gasteiger partial charge in [0, 0.05) is 21.0 Å². The second-order valence-corrected chi connectivity index (χ2v) is 10.5. The van der Waals surface area contributed by atoms with Crippen LogP contribution in [-0.2, 0) is 9.59 Å². The third-order valence-corrected chi connectivity index (χ3v) is 7.60. The van der Waals surface area contributed by atoms with Crippen molar-refractivity contribution in [3.8, 4) is 0 Å². The number of nitrogens with one attached hydrogen (secondary N) is 2. The minimum absolute atomic E-state index is 0.0601. The van der Waals surface area contributed by atoms with Gasteiger partial charge in [-0.3, -0.25) is 9.59 Å². The molecule has 4 nitrogen and oxygen atoms in total. The van der Waals surface area contributed by atoms with Crippen LogP contribution in [-0.4, -0.2) is 11.8 Å². The number of hydrogen-bond donors (Lipinski definition) is 2. The van der Waals surface area contributed by atoms with Crippen LogP contribution in [0.15, 0.2) is 82.2 Å². The van der Waals surface area contributed by atoms with E-state index < -0.39 is 11.1 Å². The minimum Gasteiger partial charge on any atom is -0.326 e. The molecule has 1 atom stereocenters. The van der Waals surface area contributed by atoms with Crippen LogP contribution in [0.2, 0.25) is 0 Å². The van der Waals surface area contributed by atoms with Crippen molar-refractivity contribution in [3.63, 3.8) is 0 Å². The largest absolute Gasteiger partial charge is 0.326 e. The number of hydrogen-bond acceptors (Lipinski definition) is 3. The summed E-state index contributed by atoms with van der Waals surface area (Å²) in [6.07, 6.45) is 5.26. The van der Waals surface area contributed by atoms with Gasteiger partial charge in [0.2, 0.25) is 11.8 Å². The quantitative estimate of drug-likeness (QED) is 0.303. The van der Waals surface area contributed by atoms with Crippen LogP contribution >= 0.6 is 27.7 Å². The van der Waals surface area contributed by atoms with Gasteiger partial charge in [-0.05, 0) is 54.8 Å². The van der Waals surface area contributed by atoms with Gasteiger partial charge in [0.25, 0.3) is 0 Å². The molecule has 3 aromatic carbocycles. The molecule has 0 spiro atoms. The summed E-state index contributed by atoms with van der Waals surface area (Å²) in [5, 5.41) is 5.16. The highest BCUT2D eigenvalue weighted by atomic mass is 79.9. The normalized spacial score (nSPS) is 14.9. The summed E-state index contributed by atoms with van der Waals surface area (Å²) >= 11 is 4.59. The number of thioether (sulfide) groups is 1. The zero-order valence-corrected chi connectivity index (χ0v) is 21.0. The van der Waals surface area contributed by atoms with Crippen molar-refractivity contribution in [1.29, 1.82) is 0 Å². The van der Waals surface area contributed by atoms with Crippen LogP contribution < -0.4 is 10.6 Å². The molecule has 3 aromatic rings. The SMILES string of the molecule is O=C(Nc1cccc(SC(C(=O)Nc2ccc(Br)cc2F)c2ccccc2)c1)C1CCCCC1. The second-order valence-electron chi connectivity index (χ2n) is 8.37. The third-order valence-electron chi connectivity index (χ3n) is 5.86. The van der Waals surface area contributed by atoms with Crippen LogP contribution in [0.3, 0.4) is 0 Å². The van der Waals surface area contributed by atoms with Gasteiger partial charge in [-0.25, -0.2) is 4.39 Å². The molecule has 0 aliphatic heterocycles. The number of carbonyl (C=O) groups is 2. The molecule has 1 fully saturated rings. The van der Waals surface area contributed by atoms with E-state index in [-0.39, 0.29) is 23.4 Å². The molecule has 0 radical (unpaired) electrons. The lowest BCUT2D eigenvalue weighted by Crippen LogP contribution is -2.24. The summed E-state index contributed by atoms with van der Waals surface area (Å²) in [5.74, 6) is -0.709. The summed E-state index contributed by atoms with van der Waals surface area (Å²) in [6, 6.07) is 21.4. The first-order valence-corrected chi connectivity index (χ1v) is 13.1. The molecule has 1 aliphatic rings. The van der Waals surface area contributed by atoms with E-state index in [9.17, 15) is 14.0 Å². The summed E-state index contributed by atoms with van der Waals surface area (Å²) in [7, 11) is 0. The lowest BCUT2D eigenvalue weighted by molar-refractivity contribution is -0.120. The molecule has 0 bridgehead atoms. The van der Waals surface area contributed by atoms with E-state index in [2.05, 4.69) is 26.6 Å². The fraction of sp³-hybridized carbons (Fsp3) is 0.259. The maximum absolute atomic E-state index is 14.3. The molecule has 7 heteroatoms. The lowest BCUT2D eigenvalue weighted by atomic mass is 9.88. The van der Waals surface area contributed by atoms with Crippen molar-refractivity contribution < 1.29 is 14.0 Å². The molecule has 34 heavy (non-hydrogen) atoms. The van der Waals surface area contributed by atoms with Crippen molar-refractivity contribution >= 4 is 50.9 Å². The van der Waals surface area contributed by atoms with Gasteiger partial charge in [-0.15, -0.1) is 11.8 Å². The zero-order valence-electron chi connectivity index (χ0n) is 18.6. The molecule has 4 rings (SSSR count). The Labute approximate surface area is 211 Å². The Morgan fingerprint density at radius 2 is 1.68 bits per heavy atom. The van der Waals surface area contributed by atoms with E-state index in [0.29, 0.717) is 10.2 Å². The van der Waals surface area contributed by atoms with E-state index in [0.717, 1.165) is 36.1 Å². The molecular weight excluding hydrogens is 515 g/mol. The Morgan fingerprint density at radius 3 is 2.41 bits per heavy atom. The smallest absolute Gasteiger partial charge is 0.242 e. The minimum atomic E-state index is -0.603. The number of carbonyl (C=O) groups excluding carboxylic acids is 2. The first-order valence-electron chi connectivity index (χ1n) is 11.4. The summed E-state index contributed by atoms with van der Waals surface area (Å²) < 4.78 is 14.9. The third kappa shape index (κ3) is 6.48. The molecule has 0 saturated heterocycles. The summed E-state index contributed by atoms with van der Waals surface area (Å²) in [4.78, 5) is 26.7. The molecule has 176 valence electrons. The number of rotatable bonds is 7. The molecule has 0 aromatic heterocycles. The zero-order chi connectivity index (χ0) is 23.9. The summed E-state index contributed by atoms with van der Waals surface area (Å²) in [6.45, 7) is 0. The van der Waals surface area contributed by atoms with E-state index >= 15 is 0 Å². The first-order chi connectivity index (χ1) is 16.5. The van der Waals surface area contributed by atoms with E-state index in [1.165, 1.54) is 30.3 Å². The van der Waals surface area contributed by atoms with Crippen LogP contribution in [0.25, 0.3) is 0 Å². The highest BCUT2D eigenvalue weighted by Gasteiger charge is 2.24. The average Bonchev–Trinajstić information content (AvgIpc) is 2.85. The lowest BCUT2D eigenvalue weighted by Gasteiger charge is -2.21. The molecule has 2 amide bonds. The van der Waals surface area contributed by atoms with Crippen molar-refractivity contribution in [2.75, 3.05) is 10.6 Å². The number of halogens is 2. The van der Waals surface area contributed by atoms with Crippen LogP contribution in [0, 0.1) is 11.7 Å². The van der Waals surface area contributed by atoms with Gasteiger partial charge in [0.1, 0.15) is 11.1 Å². The second kappa shape index (κ2) is 11.7. The molecule has 1 aliphatic carbocycles. The van der Waals surface area contributed by atoms with Crippen molar-refractivity contribution in [2.45, 2.75) is 42.2 Å². The maximum Gasteiger partial charge on any atom is 0.242 e. The topological polar surface area (TPSA) is 58.2 Å². The standard InChI is InChI=1S/C27H26BrFN2O2S/c28-20-14-15-24(23(29)16-20)31-27(33)25(18-8-3-1-4-9-18)34-22-13-7-12-21(17-22)30-26(32)19-10-5-2-6-11-19/h1,3-4,7-9,12-17,19,25H,2,5-6,10-11H2,(H,30,32)(H,31,33). The Kier molecular flexibility index (Phi) is 8.40. The van der Waals surface area contributed by atoms with Crippen LogP contribution in [0.4, 0.5) is 15.8 Å². The molecule has 0 heterocycles. The van der Waals surface area contributed by atoms with Gasteiger partial charge in [-0.2, -0.15) is 0 Å². The molecule has 1 unspecified atom stereocenters. The van der Waals surface area contributed by atoms with Crippen LogP contribution in [0.1, 0.15) is 42.9 Å². The van der Waals surface area contributed by atoms with Crippen molar-refractivity contribution in [1.82, 2.24) is 0 Å². The molecule has 2 N–H and O–H groups in total.